The Morgan fingerprint density at radius 3 is 2.36 bits per heavy atom. The summed E-state index contributed by atoms with van der Waals surface area (Å²) in [7, 11) is -3.43. The molecule has 0 atom stereocenters. The van der Waals surface area contributed by atoms with Crippen LogP contribution in [0.1, 0.15) is 0 Å². The number of rotatable bonds is 4. The van der Waals surface area contributed by atoms with Crippen LogP contribution in [0.25, 0.3) is 11.4 Å². The summed E-state index contributed by atoms with van der Waals surface area (Å²) in [5, 5.41) is 6.22. The lowest BCUT2D eigenvalue weighted by Gasteiger charge is -2.08. The number of H-pyrrole nitrogens is 1. The van der Waals surface area contributed by atoms with Gasteiger partial charge in [0.2, 0.25) is 15.0 Å². The third-order valence-corrected chi connectivity index (χ3v) is 3.80. The van der Waals surface area contributed by atoms with Crippen molar-refractivity contribution in [1.82, 2.24) is 15.2 Å². The van der Waals surface area contributed by atoms with E-state index in [1.54, 1.807) is 12.1 Å². The molecule has 0 aliphatic rings. The summed E-state index contributed by atoms with van der Waals surface area (Å²) >= 11 is 0. The van der Waals surface area contributed by atoms with Crippen LogP contribution >= 0.6 is 0 Å². The Kier molecular flexibility index (Phi) is 3.64. The van der Waals surface area contributed by atoms with Crippen molar-refractivity contribution in [1.29, 1.82) is 0 Å². The molecule has 0 saturated heterocycles. The van der Waals surface area contributed by atoms with Gasteiger partial charge in [-0.25, -0.2) is 13.5 Å². The van der Waals surface area contributed by atoms with Crippen molar-refractivity contribution in [2.24, 2.45) is 0 Å². The van der Waals surface area contributed by atoms with Gasteiger partial charge in [0, 0.05) is 6.26 Å². The molecule has 112 valence electrons. The van der Waals surface area contributed by atoms with Crippen molar-refractivity contribution in [3.05, 3.63) is 54.6 Å². The number of nitrogens with one attached hydrogen (secondary N) is 1. The summed E-state index contributed by atoms with van der Waals surface area (Å²) in [6, 6.07) is 16.5. The van der Waals surface area contributed by atoms with Gasteiger partial charge in [-0.3, -0.25) is 0 Å². The zero-order chi connectivity index (χ0) is 15.6. The molecule has 0 spiro atoms. The number of hydrogen-bond donors (Lipinski definition) is 1. The maximum Gasteiger partial charge on any atom is 0.243 e. The monoisotopic (exact) mass is 315 g/mol. The van der Waals surface area contributed by atoms with Gasteiger partial charge in [-0.1, -0.05) is 30.3 Å². The van der Waals surface area contributed by atoms with E-state index in [9.17, 15) is 8.42 Å². The van der Waals surface area contributed by atoms with Gasteiger partial charge < -0.3 is 4.74 Å². The van der Waals surface area contributed by atoms with Gasteiger partial charge in [0.25, 0.3) is 0 Å². The van der Waals surface area contributed by atoms with Crippen LogP contribution in [0.4, 0.5) is 0 Å². The largest absolute Gasteiger partial charge is 0.457 e. The Morgan fingerprint density at radius 1 is 1.00 bits per heavy atom. The molecule has 0 amide bonds. The smallest absolute Gasteiger partial charge is 0.243 e. The number of sulfone groups is 1. The number of hydrogen-bond acceptors (Lipinski definition) is 5. The highest BCUT2D eigenvalue weighted by atomic mass is 32.2. The molecule has 7 heteroatoms. The minimum atomic E-state index is -3.43. The average molecular weight is 315 g/mol. The molecular weight excluding hydrogens is 302 g/mol. The van der Waals surface area contributed by atoms with Crippen LogP contribution in [0.2, 0.25) is 0 Å². The van der Waals surface area contributed by atoms with Crippen LogP contribution in [-0.4, -0.2) is 29.9 Å². The first kappa shape index (κ1) is 14.3. The number of ether oxygens (including phenoxy) is 1. The lowest BCUT2D eigenvalue weighted by Crippen LogP contribution is -1.99. The highest BCUT2D eigenvalue weighted by molar-refractivity contribution is 7.90. The predicted molar refractivity (Wildman–Crippen MR) is 81.4 cm³/mol. The van der Waals surface area contributed by atoms with Crippen molar-refractivity contribution in [3.63, 3.8) is 0 Å². The van der Waals surface area contributed by atoms with Gasteiger partial charge in [-0.05, 0) is 24.3 Å². The average Bonchev–Trinajstić information content (AvgIpc) is 2.99. The molecule has 0 fully saturated rings. The second-order valence-corrected chi connectivity index (χ2v) is 6.58. The molecule has 1 aromatic heterocycles. The Balaban J connectivity index is 2.00. The van der Waals surface area contributed by atoms with Gasteiger partial charge in [0.1, 0.15) is 11.5 Å². The minimum Gasteiger partial charge on any atom is -0.457 e. The quantitative estimate of drug-likeness (QED) is 0.800. The van der Waals surface area contributed by atoms with Crippen molar-refractivity contribution in [3.8, 4) is 22.9 Å². The van der Waals surface area contributed by atoms with E-state index in [1.807, 2.05) is 42.5 Å². The highest BCUT2D eigenvalue weighted by Crippen LogP contribution is 2.31. The standard InChI is InChI=1S/C15H13N3O3S/c1-22(19,20)15-16-14(17-18-15)12-9-5-6-10-13(12)21-11-7-3-2-4-8-11/h2-10H,1H3,(H,16,17,18). The van der Waals surface area contributed by atoms with Crippen LogP contribution in [0.5, 0.6) is 11.5 Å². The Hall–Kier alpha value is -2.67. The number of nitrogens with zero attached hydrogens (tertiary/aromatic N) is 2. The third kappa shape index (κ3) is 2.99. The van der Waals surface area contributed by atoms with Crippen LogP contribution < -0.4 is 4.74 Å². The van der Waals surface area contributed by atoms with Crippen molar-refractivity contribution in [2.75, 3.05) is 6.26 Å². The summed E-state index contributed by atoms with van der Waals surface area (Å²) in [5.41, 5.74) is 0.609. The first-order valence-electron chi connectivity index (χ1n) is 6.49. The van der Waals surface area contributed by atoms with E-state index in [4.69, 9.17) is 4.74 Å². The summed E-state index contributed by atoms with van der Waals surface area (Å²) in [5.74, 6) is 1.49. The summed E-state index contributed by atoms with van der Waals surface area (Å²) < 4.78 is 28.8. The fraction of sp³-hybridized carbons (Fsp3) is 0.0667. The SMILES string of the molecule is CS(=O)(=O)c1nc(-c2ccccc2Oc2ccccc2)n[nH]1. The van der Waals surface area contributed by atoms with Crippen LogP contribution in [0, 0.1) is 0 Å². The highest BCUT2D eigenvalue weighted by Gasteiger charge is 2.17. The second-order valence-electron chi connectivity index (χ2n) is 4.65. The molecule has 22 heavy (non-hydrogen) atoms. The first-order chi connectivity index (χ1) is 10.5. The normalized spacial score (nSPS) is 11.3. The molecule has 0 aliphatic heterocycles. The lowest BCUT2D eigenvalue weighted by atomic mass is 10.2. The zero-order valence-electron chi connectivity index (χ0n) is 11.7. The van der Waals surface area contributed by atoms with Gasteiger partial charge in [0.15, 0.2) is 5.82 Å². The molecule has 1 heterocycles. The Labute approximate surface area is 127 Å². The van der Waals surface area contributed by atoms with Gasteiger partial charge in [-0.15, -0.1) is 0 Å². The minimum absolute atomic E-state index is 0.169. The van der Waals surface area contributed by atoms with Gasteiger partial charge >= 0.3 is 0 Å². The molecule has 0 bridgehead atoms. The molecular formula is C15H13N3O3S. The van der Waals surface area contributed by atoms with Crippen molar-refractivity contribution < 1.29 is 13.2 Å². The molecule has 1 N–H and O–H groups in total. The van der Waals surface area contributed by atoms with E-state index in [0.29, 0.717) is 17.1 Å². The lowest BCUT2D eigenvalue weighted by molar-refractivity contribution is 0.484. The molecule has 0 radical (unpaired) electrons. The fourth-order valence-corrected chi connectivity index (χ4v) is 2.35. The summed E-state index contributed by atoms with van der Waals surface area (Å²) in [6.45, 7) is 0. The maximum absolute atomic E-state index is 11.5. The predicted octanol–water partition coefficient (Wildman–Crippen LogP) is 2.67. The first-order valence-corrected chi connectivity index (χ1v) is 8.38. The molecule has 2 aromatic carbocycles. The zero-order valence-corrected chi connectivity index (χ0v) is 12.5. The molecule has 0 aliphatic carbocycles. The number of para-hydroxylation sites is 2. The molecule has 0 saturated carbocycles. The van der Waals surface area contributed by atoms with Crippen LogP contribution in [0.3, 0.4) is 0 Å². The number of aromatic nitrogens is 3. The fourth-order valence-electron chi connectivity index (χ4n) is 1.89. The molecule has 0 unspecified atom stereocenters. The van der Waals surface area contributed by atoms with Crippen LogP contribution in [-0.2, 0) is 9.84 Å². The Bertz CT molecular complexity index is 889. The summed E-state index contributed by atoms with van der Waals surface area (Å²) in [4.78, 5) is 4.02. The van der Waals surface area contributed by atoms with Crippen molar-refractivity contribution in [2.45, 2.75) is 5.16 Å². The third-order valence-electron chi connectivity index (χ3n) is 2.92. The topological polar surface area (TPSA) is 84.9 Å². The Morgan fingerprint density at radius 2 is 1.68 bits per heavy atom. The molecule has 3 rings (SSSR count). The van der Waals surface area contributed by atoms with E-state index in [-0.39, 0.29) is 11.0 Å². The van der Waals surface area contributed by atoms with E-state index in [0.717, 1.165) is 6.26 Å². The second kappa shape index (κ2) is 5.61. The van der Waals surface area contributed by atoms with Gasteiger partial charge in [0.05, 0.1) is 5.56 Å². The van der Waals surface area contributed by atoms with E-state index >= 15 is 0 Å². The van der Waals surface area contributed by atoms with Crippen molar-refractivity contribution >= 4 is 9.84 Å². The summed E-state index contributed by atoms with van der Waals surface area (Å²) in [6.07, 6.45) is 1.07. The van der Waals surface area contributed by atoms with Crippen LogP contribution in [0.15, 0.2) is 59.8 Å². The van der Waals surface area contributed by atoms with Gasteiger partial charge in [-0.2, -0.15) is 10.1 Å². The number of aromatic amines is 1. The van der Waals surface area contributed by atoms with E-state index < -0.39 is 9.84 Å². The maximum atomic E-state index is 11.5. The van der Waals surface area contributed by atoms with E-state index in [1.165, 1.54) is 0 Å². The molecule has 3 aromatic rings. The molecule has 6 nitrogen and oxygen atoms in total. The number of benzene rings is 2. The van der Waals surface area contributed by atoms with E-state index in [2.05, 4.69) is 15.2 Å².